The first-order valence-electron chi connectivity index (χ1n) is 10.0. The van der Waals surface area contributed by atoms with Crippen molar-refractivity contribution in [3.63, 3.8) is 0 Å². The fourth-order valence-corrected chi connectivity index (χ4v) is 3.54. The molecule has 3 rings (SSSR count). The molecule has 0 N–H and O–H groups in total. The second-order valence-corrected chi connectivity index (χ2v) is 7.95. The summed E-state index contributed by atoms with van der Waals surface area (Å²) < 4.78 is 13.2. The Balaban J connectivity index is 1.60. The van der Waals surface area contributed by atoms with Gasteiger partial charge in [0.1, 0.15) is 11.6 Å². The molecule has 150 valence electrons. The van der Waals surface area contributed by atoms with Gasteiger partial charge in [0.2, 0.25) is 0 Å². The highest BCUT2D eigenvalue weighted by molar-refractivity contribution is 5.82. The molecule has 1 aliphatic rings. The minimum Gasteiger partial charge on any atom is -0.494 e. The summed E-state index contributed by atoms with van der Waals surface area (Å²) in [5.74, 6) is 1.75. The lowest BCUT2D eigenvalue weighted by Crippen LogP contribution is -2.27. The number of hydrogen-bond acceptors (Lipinski definition) is 4. The highest BCUT2D eigenvalue weighted by atomic mass is 16.5. The van der Waals surface area contributed by atoms with Crippen LogP contribution in [0.4, 0.5) is 0 Å². The predicted molar refractivity (Wildman–Crippen MR) is 111 cm³/mol. The molecule has 0 spiro atoms. The Kier molecular flexibility index (Phi) is 6.22. The number of benzene rings is 1. The zero-order valence-electron chi connectivity index (χ0n) is 17.3. The smallest absolute Gasteiger partial charge is 0.311 e. The van der Waals surface area contributed by atoms with Crippen molar-refractivity contribution in [2.45, 2.75) is 46.5 Å². The third kappa shape index (κ3) is 4.64. The number of nitrogens with zero attached hydrogens (tertiary/aromatic N) is 2. The summed E-state index contributed by atoms with van der Waals surface area (Å²) in [6, 6.07) is 6.29. The first kappa shape index (κ1) is 20.2. The number of ether oxygens (including phenoxy) is 2. The van der Waals surface area contributed by atoms with Crippen LogP contribution in [-0.4, -0.2) is 28.7 Å². The Labute approximate surface area is 167 Å². The van der Waals surface area contributed by atoms with E-state index in [-0.39, 0.29) is 5.97 Å². The molecule has 0 atom stereocenters. The third-order valence-electron chi connectivity index (χ3n) is 5.26. The van der Waals surface area contributed by atoms with Crippen LogP contribution < -0.4 is 4.74 Å². The van der Waals surface area contributed by atoms with Crippen LogP contribution in [0.15, 0.2) is 30.6 Å². The molecule has 28 heavy (non-hydrogen) atoms. The topological polar surface area (TPSA) is 53.4 Å². The van der Waals surface area contributed by atoms with Crippen molar-refractivity contribution in [3.05, 3.63) is 47.5 Å². The van der Waals surface area contributed by atoms with Crippen molar-refractivity contribution in [1.82, 2.24) is 9.55 Å². The Bertz CT molecular complexity index is 864. The molecule has 2 aromatic rings. The van der Waals surface area contributed by atoms with Crippen LogP contribution in [-0.2, 0) is 23.0 Å². The Morgan fingerprint density at radius 3 is 2.82 bits per heavy atom. The first-order chi connectivity index (χ1) is 13.4. The standard InChI is InChI=1S/C23H30N2O3/c1-5-27-22(26)23(2,3)11-6-14-28-20-10-9-17-7-8-18(15-19(17)16-20)21-24-12-13-25(21)4/h9-10,12-13,15-16H,5-8,11,14H2,1-4H3. The van der Waals surface area contributed by atoms with Crippen LogP contribution in [0, 0.1) is 5.41 Å². The summed E-state index contributed by atoms with van der Waals surface area (Å²) in [6.45, 7) is 6.68. The van der Waals surface area contributed by atoms with Crippen LogP contribution in [0.1, 0.15) is 57.0 Å². The second kappa shape index (κ2) is 8.63. The number of aromatic nitrogens is 2. The van der Waals surface area contributed by atoms with Crippen molar-refractivity contribution >= 4 is 17.6 Å². The molecular formula is C23H30N2O3. The Morgan fingerprint density at radius 1 is 1.29 bits per heavy atom. The van der Waals surface area contributed by atoms with Crippen LogP contribution in [0.25, 0.3) is 11.6 Å². The largest absolute Gasteiger partial charge is 0.494 e. The molecule has 0 saturated heterocycles. The lowest BCUT2D eigenvalue weighted by Gasteiger charge is -2.22. The molecule has 1 heterocycles. The van der Waals surface area contributed by atoms with Gasteiger partial charge in [-0.1, -0.05) is 6.07 Å². The molecule has 0 aliphatic heterocycles. The van der Waals surface area contributed by atoms with Gasteiger partial charge in [-0.15, -0.1) is 0 Å². The van der Waals surface area contributed by atoms with Crippen LogP contribution in [0.3, 0.4) is 0 Å². The molecule has 0 radical (unpaired) electrons. The molecule has 0 unspecified atom stereocenters. The van der Waals surface area contributed by atoms with Crippen molar-refractivity contribution in [2.24, 2.45) is 12.5 Å². The first-order valence-corrected chi connectivity index (χ1v) is 10.0. The number of carbonyl (C=O) groups is 1. The number of rotatable bonds is 8. The molecule has 5 nitrogen and oxygen atoms in total. The number of allylic oxidation sites excluding steroid dienone is 1. The van der Waals surface area contributed by atoms with Gasteiger partial charge in [-0.05, 0) is 81.4 Å². The Morgan fingerprint density at radius 2 is 2.11 bits per heavy atom. The summed E-state index contributed by atoms with van der Waals surface area (Å²) >= 11 is 0. The number of hydrogen-bond donors (Lipinski definition) is 0. The quantitative estimate of drug-likeness (QED) is 0.492. The maximum Gasteiger partial charge on any atom is 0.311 e. The van der Waals surface area contributed by atoms with Crippen LogP contribution in [0.5, 0.6) is 5.75 Å². The maximum atomic E-state index is 12.0. The zero-order valence-corrected chi connectivity index (χ0v) is 17.3. The number of carbonyl (C=O) groups excluding carboxylic acids is 1. The van der Waals surface area contributed by atoms with Gasteiger partial charge in [-0.25, -0.2) is 4.98 Å². The number of esters is 1. The van der Waals surface area contributed by atoms with Crippen molar-refractivity contribution in [3.8, 4) is 5.75 Å². The second-order valence-electron chi connectivity index (χ2n) is 7.95. The molecule has 1 aromatic carbocycles. The van der Waals surface area contributed by atoms with Crippen molar-refractivity contribution in [1.29, 1.82) is 0 Å². The lowest BCUT2D eigenvalue weighted by molar-refractivity contribution is -0.153. The normalized spacial score (nSPS) is 13.6. The summed E-state index contributed by atoms with van der Waals surface area (Å²) in [7, 11) is 2.02. The lowest BCUT2D eigenvalue weighted by atomic mass is 9.88. The van der Waals surface area contributed by atoms with E-state index in [2.05, 4.69) is 27.8 Å². The zero-order chi connectivity index (χ0) is 20.1. The Hall–Kier alpha value is -2.56. The molecule has 1 aromatic heterocycles. The predicted octanol–water partition coefficient (Wildman–Crippen LogP) is 4.66. The van der Waals surface area contributed by atoms with E-state index < -0.39 is 5.41 Å². The highest BCUT2D eigenvalue weighted by Crippen LogP contribution is 2.32. The summed E-state index contributed by atoms with van der Waals surface area (Å²) in [4.78, 5) is 16.4. The molecule has 0 fully saturated rings. The van der Waals surface area contributed by atoms with Crippen LogP contribution >= 0.6 is 0 Å². The average molecular weight is 383 g/mol. The molecule has 0 bridgehead atoms. The fraction of sp³-hybridized carbons (Fsp3) is 0.478. The van der Waals surface area contributed by atoms with Gasteiger partial charge < -0.3 is 14.0 Å². The van der Waals surface area contributed by atoms with E-state index in [9.17, 15) is 4.79 Å². The highest BCUT2D eigenvalue weighted by Gasteiger charge is 2.28. The van der Waals surface area contributed by atoms with Crippen molar-refractivity contribution < 1.29 is 14.3 Å². The number of imidazole rings is 1. The molecular weight excluding hydrogens is 352 g/mol. The number of fused-ring (bicyclic) bond motifs is 1. The fourth-order valence-electron chi connectivity index (χ4n) is 3.54. The van der Waals surface area contributed by atoms with E-state index in [1.807, 2.05) is 46.3 Å². The minimum atomic E-state index is -0.477. The number of aryl methyl sites for hydroxylation is 2. The third-order valence-corrected chi connectivity index (χ3v) is 5.26. The molecule has 1 aliphatic carbocycles. The minimum absolute atomic E-state index is 0.143. The molecule has 5 heteroatoms. The average Bonchev–Trinajstić information content (AvgIpc) is 3.11. The van der Waals surface area contributed by atoms with Gasteiger partial charge >= 0.3 is 5.97 Å². The van der Waals surface area contributed by atoms with E-state index in [0.29, 0.717) is 13.2 Å². The molecule has 0 amide bonds. The molecule has 0 saturated carbocycles. The van der Waals surface area contributed by atoms with Crippen molar-refractivity contribution in [2.75, 3.05) is 13.2 Å². The van der Waals surface area contributed by atoms with E-state index in [1.165, 1.54) is 16.7 Å². The van der Waals surface area contributed by atoms with E-state index in [0.717, 1.165) is 37.3 Å². The van der Waals surface area contributed by atoms with E-state index in [4.69, 9.17) is 9.47 Å². The van der Waals surface area contributed by atoms with Gasteiger partial charge in [0.15, 0.2) is 0 Å². The summed E-state index contributed by atoms with van der Waals surface area (Å²) in [6.07, 6.45) is 9.59. The van der Waals surface area contributed by atoms with E-state index >= 15 is 0 Å². The van der Waals surface area contributed by atoms with Gasteiger partial charge in [-0.3, -0.25) is 4.79 Å². The van der Waals surface area contributed by atoms with E-state index in [1.54, 1.807) is 0 Å². The van der Waals surface area contributed by atoms with Crippen LogP contribution in [0.2, 0.25) is 0 Å². The van der Waals surface area contributed by atoms with Gasteiger partial charge in [0.25, 0.3) is 0 Å². The summed E-state index contributed by atoms with van der Waals surface area (Å²) in [5, 5.41) is 0. The van der Waals surface area contributed by atoms with Gasteiger partial charge in [-0.2, -0.15) is 0 Å². The van der Waals surface area contributed by atoms with Gasteiger partial charge in [0.05, 0.1) is 18.6 Å². The maximum absolute atomic E-state index is 12.0. The summed E-state index contributed by atoms with van der Waals surface area (Å²) in [5.41, 5.74) is 3.32. The monoisotopic (exact) mass is 382 g/mol. The van der Waals surface area contributed by atoms with Gasteiger partial charge in [0, 0.05) is 19.4 Å². The SMILES string of the molecule is CCOC(=O)C(C)(C)CCCOc1ccc2c(c1)C=C(c1nccn1C)CC2.